The summed E-state index contributed by atoms with van der Waals surface area (Å²) in [7, 11) is 0. The summed E-state index contributed by atoms with van der Waals surface area (Å²) in [6.07, 6.45) is 8.87. The topological polar surface area (TPSA) is 120 Å². The molecule has 1 saturated carbocycles. The minimum atomic E-state index is -0.497. The van der Waals surface area contributed by atoms with Crippen LogP contribution in [0.25, 0.3) is 16.5 Å². The average Bonchev–Trinajstić information content (AvgIpc) is 3.57. The van der Waals surface area contributed by atoms with Crippen LogP contribution in [-0.2, 0) is 11.3 Å². The minimum absolute atomic E-state index is 0.129. The van der Waals surface area contributed by atoms with Crippen LogP contribution in [0.1, 0.15) is 70.9 Å². The van der Waals surface area contributed by atoms with Gasteiger partial charge in [0.2, 0.25) is 5.91 Å². The Morgan fingerprint density at radius 3 is 2.65 bits per heavy atom. The Morgan fingerprint density at radius 2 is 1.97 bits per heavy atom. The number of amides is 2. The largest absolute Gasteiger partial charge is 0.387 e. The number of nitrogens with zero attached hydrogens (tertiary/aromatic N) is 3. The molecule has 194 valence electrons. The Kier molecular flexibility index (Phi) is 6.97. The molecule has 0 spiro atoms. The van der Waals surface area contributed by atoms with Crippen molar-refractivity contribution >= 4 is 28.3 Å². The van der Waals surface area contributed by atoms with E-state index in [-0.39, 0.29) is 23.9 Å². The standard InChI is InChI=1S/C28H33N5O4/c1-17-11-18(2)31-28(37)23(17)14-29-27(36)22-12-20(19-7-9-32(10-8-19)26(35)16-34)13-25-24(22)15-30-33(25)21-5-3-4-6-21/h7,11-13,15,21,34H,3-6,8-10,14,16H2,1-2H3,(H,29,36)(H,31,37). The normalized spacial score (nSPS) is 16.3. The number of carbonyl (C=O) groups excluding carboxylic acids is 2. The molecule has 1 aliphatic heterocycles. The van der Waals surface area contributed by atoms with Gasteiger partial charge in [0.05, 0.1) is 23.3 Å². The quantitative estimate of drug-likeness (QED) is 0.478. The van der Waals surface area contributed by atoms with Crippen molar-refractivity contribution in [3.8, 4) is 0 Å². The molecule has 3 heterocycles. The highest BCUT2D eigenvalue weighted by molar-refractivity contribution is 6.07. The van der Waals surface area contributed by atoms with Crippen molar-refractivity contribution in [2.75, 3.05) is 19.7 Å². The van der Waals surface area contributed by atoms with Gasteiger partial charge in [0.1, 0.15) is 6.61 Å². The van der Waals surface area contributed by atoms with Crippen LogP contribution in [0.15, 0.2) is 35.3 Å². The van der Waals surface area contributed by atoms with Gasteiger partial charge in [-0.3, -0.25) is 19.1 Å². The first kappa shape index (κ1) is 25.0. The molecule has 2 aliphatic rings. The van der Waals surface area contributed by atoms with Gasteiger partial charge in [-0.15, -0.1) is 0 Å². The Hall–Kier alpha value is -3.72. The van der Waals surface area contributed by atoms with Crippen LogP contribution in [-0.4, -0.2) is 56.3 Å². The number of pyridine rings is 1. The molecule has 9 heteroatoms. The Morgan fingerprint density at radius 1 is 1.19 bits per heavy atom. The molecule has 9 nitrogen and oxygen atoms in total. The number of rotatable bonds is 6. The zero-order valence-corrected chi connectivity index (χ0v) is 21.3. The van der Waals surface area contributed by atoms with Crippen LogP contribution in [0.3, 0.4) is 0 Å². The highest BCUT2D eigenvalue weighted by Gasteiger charge is 2.24. The van der Waals surface area contributed by atoms with E-state index in [1.54, 1.807) is 11.1 Å². The first-order valence-corrected chi connectivity index (χ1v) is 12.9. The molecular weight excluding hydrogens is 470 g/mol. The lowest BCUT2D eigenvalue weighted by Gasteiger charge is -2.26. The zero-order valence-electron chi connectivity index (χ0n) is 21.3. The van der Waals surface area contributed by atoms with Crippen LogP contribution in [0, 0.1) is 13.8 Å². The van der Waals surface area contributed by atoms with Crippen LogP contribution < -0.4 is 10.9 Å². The van der Waals surface area contributed by atoms with Crippen LogP contribution >= 0.6 is 0 Å². The number of aliphatic hydroxyl groups excluding tert-OH is 1. The summed E-state index contributed by atoms with van der Waals surface area (Å²) in [5.41, 5.74) is 5.40. The number of H-pyrrole nitrogens is 1. The number of aromatic amines is 1. The van der Waals surface area contributed by atoms with Gasteiger partial charge in [0.25, 0.3) is 11.5 Å². The maximum atomic E-state index is 13.5. The number of aliphatic hydroxyl groups is 1. The summed E-state index contributed by atoms with van der Waals surface area (Å²) < 4.78 is 2.06. The van der Waals surface area contributed by atoms with Crippen molar-refractivity contribution in [3.05, 3.63) is 68.8 Å². The molecule has 0 radical (unpaired) electrons. The van der Waals surface area contributed by atoms with E-state index >= 15 is 0 Å². The molecule has 0 bridgehead atoms. The van der Waals surface area contributed by atoms with E-state index in [1.165, 1.54) is 12.8 Å². The number of hydrogen-bond acceptors (Lipinski definition) is 5. The monoisotopic (exact) mass is 503 g/mol. The van der Waals surface area contributed by atoms with Gasteiger partial charge in [-0.05, 0) is 68.0 Å². The minimum Gasteiger partial charge on any atom is -0.387 e. The van der Waals surface area contributed by atoms with E-state index in [1.807, 2.05) is 32.1 Å². The second-order valence-electron chi connectivity index (χ2n) is 10.1. The fraction of sp³-hybridized carbons (Fsp3) is 0.429. The van der Waals surface area contributed by atoms with Gasteiger partial charge < -0.3 is 20.3 Å². The summed E-state index contributed by atoms with van der Waals surface area (Å²) in [4.78, 5) is 42.3. The molecule has 0 unspecified atom stereocenters. The number of aromatic nitrogens is 3. The molecule has 0 saturated heterocycles. The van der Waals surface area contributed by atoms with E-state index in [0.29, 0.717) is 36.7 Å². The molecule has 2 aromatic heterocycles. The molecule has 2 amide bonds. The van der Waals surface area contributed by atoms with Crippen molar-refractivity contribution in [1.29, 1.82) is 0 Å². The molecular formula is C28H33N5O4. The second-order valence-corrected chi connectivity index (χ2v) is 10.1. The third-order valence-electron chi connectivity index (χ3n) is 7.62. The van der Waals surface area contributed by atoms with Crippen molar-refractivity contribution < 1.29 is 14.7 Å². The van der Waals surface area contributed by atoms with E-state index in [2.05, 4.69) is 21.0 Å². The van der Waals surface area contributed by atoms with E-state index in [9.17, 15) is 19.5 Å². The van der Waals surface area contributed by atoms with Crippen molar-refractivity contribution in [3.63, 3.8) is 0 Å². The Balaban J connectivity index is 1.50. The van der Waals surface area contributed by atoms with E-state index in [4.69, 9.17) is 5.10 Å². The third-order valence-corrected chi connectivity index (χ3v) is 7.62. The molecule has 1 fully saturated rings. The summed E-state index contributed by atoms with van der Waals surface area (Å²) in [6, 6.07) is 6.20. The summed E-state index contributed by atoms with van der Waals surface area (Å²) in [6.45, 7) is 4.27. The van der Waals surface area contributed by atoms with Gasteiger partial charge in [-0.2, -0.15) is 5.10 Å². The predicted octanol–water partition coefficient (Wildman–Crippen LogP) is 2.99. The lowest BCUT2D eigenvalue weighted by Crippen LogP contribution is -2.36. The fourth-order valence-electron chi connectivity index (χ4n) is 5.58. The Bertz CT molecular complexity index is 1440. The summed E-state index contributed by atoms with van der Waals surface area (Å²) >= 11 is 0. The van der Waals surface area contributed by atoms with Gasteiger partial charge in [-0.1, -0.05) is 18.9 Å². The van der Waals surface area contributed by atoms with Crippen LogP contribution in [0.5, 0.6) is 0 Å². The SMILES string of the molecule is Cc1cc(C)c(CNC(=O)c2cc(C3=CCN(C(=O)CO)CC3)cc3c2cnn3C2CCCC2)c(=O)[nH]1. The molecule has 3 N–H and O–H groups in total. The molecule has 37 heavy (non-hydrogen) atoms. The van der Waals surface area contributed by atoms with Gasteiger partial charge in [0, 0.05) is 36.3 Å². The smallest absolute Gasteiger partial charge is 0.253 e. The highest BCUT2D eigenvalue weighted by atomic mass is 16.3. The highest BCUT2D eigenvalue weighted by Crippen LogP contribution is 2.35. The fourth-order valence-corrected chi connectivity index (χ4v) is 5.58. The lowest BCUT2D eigenvalue weighted by atomic mass is 9.95. The van der Waals surface area contributed by atoms with Gasteiger partial charge in [-0.25, -0.2) is 0 Å². The summed E-state index contributed by atoms with van der Waals surface area (Å²) in [5.74, 6) is -0.544. The number of nitrogens with one attached hydrogen (secondary N) is 2. The average molecular weight is 504 g/mol. The molecule has 0 atom stereocenters. The van der Waals surface area contributed by atoms with Gasteiger partial charge in [0.15, 0.2) is 0 Å². The number of fused-ring (bicyclic) bond motifs is 1. The second kappa shape index (κ2) is 10.3. The van der Waals surface area contributed by atoms with E-state index in [0.717, 1.165) is 46.1 Å². The molecule has 3 aromatic rings. The number of aryl methyl sites for hydroxylation is 2. The molecule has 1 aromatic carbocycles. The zero-order chi connectivity index (χ0) is 26.1. The molecule has 5 rings (SSSR count). The van der Waals surface area contributed by atoms with Crippen molar-refractivity contribution in [2.45, 2.75) is 58.5 Å². The van der Waals surface area contributed by atoms with Crippen LogP contribution in [0.2, 0.25) is 0 Å². The Labute approximate surface area is 215 Å². The van der Waals surface area contributed by atoms with E-state index < -0.39 is 6.61 Å². The predicted molar refractivity (Wildman–Crippen MR) is 141 cm³/mol. The maximum Gasteiger partial charge on any atom is 0.253 e. The first-order valence-electron chi connectivity index (χ1n) is 12.9. The number of hydrogen-bond donors (Lipinski definition) is 3. The number of benzene rings is 1. The summed E-state index contributed by atoms with van der Waals surface area (Å²) in [5, 5.41) is 17.6. The maximum absolute atomic E-state index is 13.5. The lowest BCUT2D eigenvalue weighted by molar-refractivity contribution is -0.133. The van der Waals surface area contributed by atoms with Crippen molar-refractivity contribution in [2.24, 2.45) is 0 Å². The van der Waals surface area contributed by atoms with Crippen LogP contribution in [0.4, 0.5) is 0 Å². The number of carbonyl (C=O) groups is 2. The van der Waals surface area contributed by atoms with Gasteiger partial charge >= 0.3 is 0 Å². The third kappa shape index (κ3) is 4.96. The van der Waals surface area contributed by atoms with Crippen molar-refractivity contribution in [1.82, 2.24) is 25.0 Å². The first-order chi connectivity index (χ1) is 17.9. The molecule has 1 aliphatic carbocycles.